The Bertz CT molecular complexity index is 1050. The lowest BCUT2D eigenvalue weighted by Crippen LogP contribution is -2.38. The van der Waals surface area contributed by atoms with Crippen molar-refractivity contribution in [2.45, 2.75) is 32.4 Å². The van der Waals surface area contributed by atoms with E-state index in [1.165, 1.54) is 29.9 Å². The summed E-state index contributed by atoms with van der Waals surface area (Å²) in [5.74, 6) is -3.04. The smallest absolute Gasteiger partial charge is 0.307 e. The number of carbonyl (C=O) groups excluding carboxylic acids is 3. The maximum atomic E-state index is 13.7. The SMILES string of the molecule is COC(=O)CCN(Cc1ccc(F)c(F)c1)C(=O)CC1c2ccccc2C=CN1C(C)=O. The summed E-state index contributed by atoms with van der Waals surface area (Å²) in [6, 6.07) is 10.4. The van der Waals surface area contributed by atoms with E-state index in [1.54, 1.807) is 6.20 Å². The first-order valence-corrected chi connectivity index (χ1v) is 10.1. The molecule has 0 bridgehead atoms. The minimum absolute atomic E-state index is 0.0166. The lowest BCUT2D eigenvalue weighted by Gasteiger charge is -2.34. The lowest BCUT2D eigenvalue weighted by atomic mass is 9.93. The van der Waals surface area contributed by atoms with Crippen LogP contribution in [0.5, 0.6) is 0 Å². The molecule has 0 fully saturated rings. The molecule has 8 heteroatoms. The van der Waals surface area contributed by atoms with Crippen LogP contribution in [0.1, 0.15) is 42.5 Å². The molecule has 3 rings (SSSR count). The second-order valence-electron chi connectivity index (χ2n) is 7.48. The summed E-state index contributed by atoms with van der Waals surface area (Å²) in [5.41, 5.74) is 2.12. The van der Waals surface area contributed by atoms with Gasteiger partial charge in [0, 0.05) is 26.2 Å². The zero-order chi connectivity index (χ0) is 23.3. The highest BCUT2D eigenvalue weighted by atomic mass is 19.2. The average Bonchev–Trinajstić information content (AvgIpc) is 2.78. The van der Waals surface area contributed by atoms with Crippen molar-refractivity contribution in [1.29, 1.82) is 0 Å². The van der Waals surface area contributed by atoms with Gasteiger partial charge in [-0.15, -0.1) is 0 Å². The molecule has 6 nitrogen and oxygen atoms in total. The normalized spacial score (nSPS) is 14.6. The van der Waals surface area contributed by atoms with Crippen molar-refractivity contribution >= 4 is 23.9 Å². The molecule has 32 heavy (non-hydrogen) atoms. The number of rotatable bonds is 7. The summed E-state index contributed by atoms with van der Waals surface area (Å²) in [5, 5.41) is 0. The summed E-state index contributed by atoms with van der Waals surface area (Å²) in [7, 11) is 1.25. The topological polar surface area (TPSA) is 66.9 Å². The lowest BCUT2D eigenvalue weighted by molar-refractivity contribution is -0.142. The quantitative estimate of drug-likeness (QED) is 0.612. The predicted octanol–water partition coefficient (Wildman–Crippen LogP) is 3.82. The minimum Gasteiger partial charge on any atom is -0.469 e. The number of hydrogen-bond donors (Lipinski definition) is 0. The third-order valence-electron chi connectivity index (χ3n) is 5.36. The van der Waals surface area contributed by atoms with Gasteiger partial charge in [0.25, 0.3) is 0 Å². The van der Waals surface area contributed by atoms with Gasteiger partial charge in [-0.1, -0.05) is 30.3 Å². The van der Waals surface area contributed by atoms with Crippen LogP contribution >= 0.6 is 0 Å². The second-order valence-corrected chi connectivity index (χ2v) is 7.48. The van der Waals surface area contributed by atoms with E-state index in [0.717, 1.165) is 23.3 Å². The van der Waals surface area contributed by atoms with Crippen LogP contribution in [0, 0.1) is 11.6 Å². The maximum Gasteiger partial charge on any atom is 0.307 e. The number of carbonyl (C=O) groups is 3. The van der Waals surface area contributed by atoms with Gasteiger partial charge < -0.3 is 14.5 Å². The molecular formula is C24H24F2N2O4. The molecule has 0 aliphatic carbocycles. The Labute approximate surface area is 185 Å². The van der Waals surface area contributed by atoms with Crippen molar-refractivity contribution in [3.8, 4) is 0 Å². The molecular weight excluding hydrogens is 418 g/mol. The third kappa shape index (κ3) is 5.38. The molecule has 2 aromatic rings. The molecule has 1 unspecified atom stereocenters. The van der Waals surface area contributed by atoms with Crippen molar-refractivity contribution in [1.82, 2.24) is 9.80 Å². The summed E-state index contributed by atoms with van der Waals surface area (Å²) in [4.78, 5) is 40.0. The van der Waals surface area contributed by atoms with E-state index in [0.29, 0.717) is 5.56 Å². The number of methoxy groups -OCH3 is 1. The highest BCUT2D eigenvalue weighted by Crippen LogP contribution is 2.33. The zero-order valence-corrected chi connectivity index (χ0v) is 17.9. The predicted molar refractivity (Wildman–Crippen MR) is 114 cm³/mol. The van der Waals surface area contributed by atoms with Gasteiger partial charge in [-0.25, -0.2) is 8.78 Å². The van der Waals surface area contributed by atoms with E-state index in [-0.39, 0.29) is 37.7 Å². The van der Waals surface area contributed by atoms with Gasteiger partial charge in [-0.3, -0.25) is 14.4 Å². The van der Waals surface area contributed by atoms with Crippen LogP contribution in [-0.4, -0.2) is 41.2 Å². The number of ether oxygens (including phenoxy) is 1. The molecule has 0 N–H and O–H groups in total. The Morgan fingerprint density at radius 2 is 1.84 bits per heavy atom. The molecule has 0 saturated carbocycles. The van der Waals surface area contributed by atoms with E-state index in [4.69, 9.17) is 0 Å². The van der Waals surface area contributed by atoms with Gasteiger partial charge in [-0.2, -0.15) is 0 Å². The number of benzene rings is 2. The first kappa shape index (κ1) is 23.1. The van der Waals surface area contributed by atoms with Gasteiger partial charge in [0.1, 0.15) is 0 Å². The summed E-state index contributed by atoms with van der Waals surface area (Å²) in [6.45, 7) is 1.44. The largest absolute Gasteiger partial charge is 0.469 e. The van der Waals surface area contributed by atoms with Crippen molar-refractivity contribution < 1.29 is 27.9 Å². The highest BCUT2D eigenvalue weighted by molar-refractivity contribution is 5.82. The number of fused-ring (bicyclic) bond motifs is 1. The van der Waals surface area contributed by atoms with E-state index in [1.807, 2.05) is 30.3 Å². The van der Waals surface area contributed by atoms with Crippen molar-refractivity contribution in [2.24, 2.45) is 0 Å². The highest BCUT2D eigenvalue weighted by Gasteiger charge is 2.30. The fraction of sp³-hybridized carbons (Fsp3) is 0.292. The van der Waals surface area contributed by atoms with Gasteiger partial charge in [-0.05, 0) is 34.9 Å². The average molecular weight is 442 g/mol. The van der Waals surface area contributed by atoms with E-state index < -0.39 is 23.6 Å². The van der Waals surface area contributed by atoms with Crippen LogP contribution < -0.4 is 0 Å². The Kier molecular flexibility index (Phi) is 7.35. The number of nitrogens with zero attached hydrogens (tertiary/aromatic N) is 2. The molecule has 0 radical (unpaired) electrons. The first-order valence-electron chi connectivity index (χ1n) is 10.1. The van der Waals surface area contributed by atoms with Crippen molar-refractivity contribution in [3.63, 3.8) is 0 Å². The number of halogens is 2. The van der Waals surface area contributed by atoms with Crippen LogP contribution in [0.3, 0.4) is 0 Å². The fourth-order valence-corrected chi connectivity index (χ4v) is 3.69. The van der Waals surface area contributed by atoms with Gasteiger partial charge in [0.15, 0.2) is 11.6 Å². The maximum absolute atomic E-state index is 13.7. The van der Waals surface area contributed by atoms with Crippen LogP contribution in [0.4, 0.5) is 8.78 Å². The third-order valence-corrected chi connectivity index (χ3v) is 5.36. The molecule has 1 heterocycles. The molecule has 1 atom stereocenters. The second kappa shape index (κ2) is 10.2. The first-order chi connectivity index (χ1) is 15.3. The van der Waals surface area contributed by atoms with Crippen LogP contribution in [0.2, 0.25) is 0 Å². The summed E-state index contributed by atoms with van der Waals surface area (Å²) >= 11 is 0. The molecule has 1 aliphatic rings. The molecule has 0 aromatic heterocycles. The Morgan fingerprint density at radius 3 is 2.53 bits per heavy atom. The summed E-state index contributed by atoms with van der Waals surface area (Å²) < 4.78 is 31.6. The monoisotopic (exact) mass is 442 g/mol. The standard InChI is InChI=1S/C24H24F2N2O4/c1-16(29)28-12-9-18-5-3-4-6-19(18)22(28)14-23(30)27(11-10-24(31)32-2)15-17-7-8-20(25)21(26)13-17/h3-9,12-13,22H,10-11,14-15H2,1-2H3. The van der Waals surface area contributed by atoms with Gasteiger partial charge in [0.05, 0.1) is 26.0 Å². The van der Waals surface area contributed by atoms with Crippen LogP contribution in [-0.2, 0) is 25.7 Å². The summed E-state index contributed by atoms with van der Waals surface area (Å²) in [6.07, 6.45) is 3.38. The molecule has 2 aromatic carbocycles. The number of esters is 1. The Balaban J connectivity index is 1.85. The van der Waals surface area contributed by atoms with Gasteiger partial charge in [0.2, 0.25) is 11.8 Å². The van der Waals surface area contributed by atoms with Crippen molar-refractivity contribution in [3.05, 3.63) is 77.0 Å². The van der Waals surface area contributed by atoms with E-state index in [9.17, 15) is 23.2 Å². The van der Waals surface area contributed by atoms with Gasteiger partial charge >= 0.3 is 5.97 Å². The minimum atomic E-state index is -1.02. The van der Waals surface area contributed by atoms with E-state index in [2.05, 4.69) is 4.74 Å². The number of hydrogen-bond acceptors (Lipinski definition) is 4. The Hall–Kier alpha value is -3.55. The molecule has 1 aliphatic heterocycles. The van der Waals surface area contributed by atoms with Crippen molar-refractivity contribution in [2.75, 3.05) is 13.7 Å². The molecule has 0 spiro atoms. The molecule has 2 amide bonds. The molecule has 0 saturated heterocycles. The van der Waals surface area contributed by atoms with Crippen LogP contribution in [0.15, 0.2) is 48.7 Å². The fourth-order valence-electron chi connectivity index (χ4n) is 3.69. The number of amides is 2. The zero-order valence-electron chi connectivity index (χ0n) is 17.9. The van der Waals surface area contributed by atoms with Crippen LogP contribution in [0.25, 0.3) is 6.08 Å². The Morgan fingerprint density at radius 1 is 1.09 bits per heavy atom. The molecule has 168 valence electrons. The van der Waals surface area contributed by atoms with E-state index >= 15 is 0 Å².